The summed E-state index contributed by atoms with van der Waals surface area (Å²) in [5.41, 5.74) is 0. The molecule has 0 fully saturated rings. The molecule has 0 aromatic rings. The molecule has 4 nitrogen and oxygen atoms in total. The number of amides is 1. The van der Waals surface area contributed by atoms with E-state index in [9.17, 15) is 13.6 Å². The SMILES string of the molecule is CC(=O)N(C)S(=O)[O-]. The van der Waals surface area contributed by atoms with Crippen molar-refractivity contribution >= 4 is 17.2 Å². The third-order valence-electron chi connectivity index (χ3n) is 0.667. The Morgan fingerprint density at radius 3 is 2.12 bits per heavy atom. The molecule has 0 aliphatic heterocycles. The highest BCUT2D eigenvalue weighted by atomic mass is 32.2. The van der Waals surface area contributed by atoms with Gasteiger partial charge in [0, 0.05) is 25.2 Å². The van der Waals surface area contributed by atoms with Crippen molar-refractivity contribution in [1.82, 2.24) is 4.31 Å². The summed E-state index contributed by atoms with van der Waals surface area (Å²) in [6.07, 6.45) is 0. The van der Waals surface area contributed by atoms with Crippen molar-refractivity contribution in [3.63, 3.8) is 0 Å². The molecule has 0 spiro atoms. The average molecular weight is 136 g/mol. The molecule has 0 rings (SSSR count). The lowest BCUT2D eigenvalue weighted by Gasteiger charge is -2.15. The van der Waals surface area contributed by atoms with Gasteiger partial charge in [-0.2, -0.15) is 0 Å². The van der Waals surface area contributed by atoms with E-state index < -0.39 is 17.2 Å². The fourth-order valence-corrected chi connectivity index (χ4v) is 0.315. The second-order valence-electron chi connectivity index (χ2n) is 1.23. The van der Waals surface area contributed by atoms with Gasteiger partial charge in [0.05, 0.1) is 0 Å². The van der Waals surface area contributed by atoms with Crippen LogP contribution in [0, 0.1) is 0 Å². The van der Waals surface area contributed by atoms with Crippen molar-refractivity contribution < 1.29 is 13.6 Å². The molecule has 0 saturated heterocycles. The van der Waals surface area contributed by atoms with Crippen LogP contribution in [0.3, 0.4) is 0 Å². The zero-order valence-corrected chi connectivity index (χ0v) is 5.40. The molecule has 1 unspecified atom stereocenters. The molecule has 0 aromatic carbocycles. The molecule has 0 N–H and O–H groups in total. The van der Waals surface area contributed by atoms with Gasteiger partial charge in [0.2, 0.25) is 5.91 Å². The number of carbonyl (C=O) groups is 1. The van der Waals surface area contributed by atoms with Crippen LogP contribution in [0.15, 0.2) is 0 Å². The van der Waals surface area contributed by atoms with E-state index in [0.717, 1.165) is 0 Å². The summed E-state index contributed by atoms with van der Waals surface area (Å²) in [6, 6.07) is 0. The van der Waals surface area contributed by atoms with Crippen LogP contribution in [0.5, 0.6) is 0 Å². The second kappa shape index (κ2) is 2.78. The van der Waals surface area contributed by atoms with E-state index in [0.29, 0.717) is 4.31 Å². The first kappa shape index (κ1) is 7.58. The number of hydrogen-bond donors (Lipinski definition) is 0. The monoisotopic (exact) mass is 136 g/mol. The van der Waals surface area contributed by atoms with Crippen LogP contribution in [0.1, 0.15) is 6.92 Å². The fourth-order valence-electron chi connectivity index (χ4n) is 0.105. The predicted molar refractivity (Wildman–Crippen MR) is 27.4 cm³/mol. The van der Waals surface area contributed by atoms with E-state index in [2.05, 4.69) is 0 Å². The van der Waals surface area contributed by atoms with Gasteiger partial charge in [0.15, 0.2) is 0 Å². The smallest absolute Gasteiger partial charge is 0.230 e. The Morgan fingerprint density at radius 2 is 2.12 bits per heavy atom. The lowest BCUT2D eigenvalue weighted by atomic mass is 10.7. The summed E-state index contributed by atoms with van der Waals surface area (Å²) in [7, 11) is 1.19. The molecule has 0 bridgehead atoms. The van der Waals surface area contributed by atoms with Gasteiger partial charge in [-0.3, -0.25) is 13.3 Å². The maximum absolute atomic E-state index is 10.1. The van der Waals surface area contributed by atoms with Gasteiger partial charge in [-0.15, -0.1) is 0 Å². The van der Waals surface area contributed by atoms with E-state index in [-0.39, 0.29) is 0 Å². The standard InChI is InChI=1S/C3H7NO3S/c1-3(5)4(2)8(6)7/h1-2H3,(H,6,7)/p-1. The van der Waals surface area contributed by atoms with Gasteiger partial charge in [0.1, 0.15) is 0 Å². The number of rotatable bonds is 1. The van der Waals surface area contributed by atoms with E-state index in [1.165, 1.54) is 14.0 Å². The maximum atomic E-state index is 10.1. The summed E-state index contributed by atoms with van der Waals surface area (Å²) in [5, 5.41) is 0. The molecule has 0 radical (unpaired) electrons. The quantitative estimate of drug-likeness (QED) is 0.446. The Balaban J connectivity index is 3.83. The molecule has 0 heterocycles. The predicted octanol–water partition coefficient (Wildman–Crippen LogP) is -0.741. The molecule has 1 amide bonds. The summed E-state index contributed by atoms with van der Waals surface area (Å²) in [6.45, 7) is 1.18. The van der Waals surface area contributed by atoms with Crippen LogP contribution in [0.4, 0.5) is 0 Å². The van der Waals surface area contributed by atoms with Crippen LogP contribution in [-0.4, -0.2) is 26.0 Å². The summed E-state index contributed by atoms with van der Waals surface area (Å²) >= 11 is -2.41. The minimum absolute atomic E-state index is 0.488. The van der Waals surface area contributed by atoms with E-state index >= 15 is 0 Å². The Hall–Kier alpha value is -0.420. The second-order valence-corrected chi connectivity index (χ2v) is 2.22. The van der Waals surface area contributed by atoms with Crippen molar-refractivity contribution in [3.8, 4) is 0 Å². The Morgan fingerprint density at radius 1 is 1.75 bits per heavy atom. The maximum Gasteiger partial charge on any atom is 0.230 e. The average Bonchev–Trinajstić information content (AvgIpc) is 1.64. The first-order valence-corrected chi connectivity index (χ1v) is 2.92. The van der Waals surface area contributed by atoms with Crippen molar-refractivity contribution in [2.45, 2.75) is 6.92 Å². The van der Waals surface area contributed by atoms with E-state index in [1.54, 1.807) is 0 Å². The van der Waals surface area contributed by atoms with Crippen LogP contribution in [0.2, 0.25) is 0 Å². The van der Waals surface area contributed by atoms with Crippen LogP contribution < -0.4 is 0 Å². The number of nitrogens with zero attached hydrogens (tertiary/aromatic N) is 1. The third-order valence-corrected chi connectivity index (χ3v) is 1.37. The van der Waals surface area contributed by atoms with Gasteiger partial charge < -0.3 is 4.55 Å². The number of carbonyl (C=O) groups excluding carboxylic acids is 1. The zero-order chi connectivity index (χ0) is 6.73. The minimum Gasteiger partial charge on any atom is -0.755 e. The fraction of sp³-hybridized carbons (Fsp3) is 0.667. The Kier molecular flexibility index (Phi) is 2.64. The van der Waals surface area contributed by atoms with Crippen molar-refractivity contribution in [2.24, 2.45) is 0 Å². The zero-order valence-electron chi connectivity index (χ0n) is 4.58. The Bertz CT molecular complexity index is 110. The molecular formula is C3H6NO3S-. The third kappa shape index (κ3) is 2.04. The first-order valence-electron chi connectivity index (χ1n) is 1.89. The van der Waals surface area contributed by atoms with Crippen LogP contribution in [0.25, 0.3) is 0 Å². The number of hydrogen-bond acceptors (Lipinski definition) is 3. The molecule has 0 aromatic heterocycles. The van der Waals surface area contributed by atoms with Gasteiger partial charge in [0.25, 0.3) is 0 Å². The highest BCUT2D eigenvalue weighted by Gasteiger charge is 1.98. The highest BCUT2D eigenvalue weighted by molar-refractivity contribution is 7.77. The van der Waals surface area contributed by atoms with Gasteiger partial charge in [-0.05, 0) is 0 Å². The summed E-state index contributed by atoms with van der Waals surface area (Å²) in [4.78, 5) is 10.1. The molecule has 0 aliphatic rings. The van der Waals surface area contributed by atoms with Gasteiger partial charge in [-0.1, -0.05) is 0 Å². The van der Waals surface area contributed by atoms with Crippen molar-refractivity contribution in [1.29, 1.82) is 0 Å². The lowest BCUT2D eigenvalue weighted by molar-refractivity contribution is -0.123. The van der Waals surface area contributed by atoms with E-state index in [4.69, 9.17) is 0 Å². The first-order chi connectivity index (χ1) is 3.55. The lowest BCUT2D eigenvalue weighted by Crippen LogP contribution is -2.25. The summed E-state index contributed by atoms with van der Waals surface area (Å²) in [5.74, 6) is -0.488. The largest absolute Gasteiger partial charge is 0.755 e. The molecule has 0 aliphatic carbocycles. The normalized spacial score (nSPS) is 12.9. The molecule has 48 valence electrons. The van der Waals surface area contributed by atoms with E-state index in [1.807, 2.05) is 0 Å². The molecule has 1 atom stereocenters. The van der Waals surface area contributed by atoms with Crippen LogP contribution in [-0.2, 0) is 16.1 Å². The summed E-state index contributed by atoms with van der Waals surface area (Å²) < 4.78 is 20.3. The molecule has 8 heavy (non-hydrogen) atoms. The molecule has 5 heteroatoms. The Labute approximate surface area is 49.9 Å². The van der Waals surface area contributed by atoms with Crippen LogP contribution >= 0.6 is 0 Å². The molecule has 0 saturated carbocycles. The molecular weight excluding hydrogens is 130 g/mol. The van der Waals surface area contributed by atoms with Crippen molar-refractivity contribution in [3.05, 3.63) is 0 Å². The topological polar surface area (TPSA) is 60.4 Å². The van der Waals surface area contributed by atoms with Gasteiger partial charge >= 0.3 is 0 Å². The highest BCUT2D eigenvalue weighted by Crippen LogP contribution is 1.84. The van der Waals surface area contributed by atoms with Gasteiger partial charge in [-0.25, -0.2) is 0 Å². The minimum atomic E-state index is -2.41. The van der Waals surface area contributed by atoms with Crippen molar-refractivity contribution in [2.75, 3.05) is 7.05 Å².